The van der Waals surface area contributed by atoms with E-state index in [0.29, 0.717) is 22.5 Å². The molecule has 0 unspecified atom stereocenters. The van der Waals surface area contributed by atoms with Gasteiger partial charge >= 0.3 is 0 Å². The van der Waals surface area contributed by atoms with E-state index in [0.717, 1.165) is 25.3 Å². The average Bonchev–Trinajstić information content (AvgIpc) is 2.48. The van der Waals surface area contributed by atoms with Gasteiger partial charge in [0.25, 0.3) is 5.56 Å². The summed E-state index contributed by atoms with van der Waals surface area (Å²) < 4.78 is 0. The number of aromatic nitrogens is 2. The second-order valence-electron chi connectivity index (χ2n) is 5.82. The zero-order chi connectivity index (χ0) is 14.8. The highest BCUT2D eigenvalue weighted by atomic mass is 16.1. The molecule has 6 heteroatoms. The van der Waals surface area contributed by atoms with Crippen LogP contribution in [0.5, 0.6) is 0 Å². The second kappa shape index (κ2) is 5.73. The summed E-state index contributed by atoms with van der Waals surface area (Å²) in [5, 5.41) is 3.94. The van der Waals surface area contributed by atoms with E-state index >= 15 is 0 Å². The van der Waals surface area contributed by atoms with Crippen LogP contribution in [0.3, 0.4) is 0 Å². The van der Waals surface area contributed by atoms with Gasteiger partial charge in [-0.15, -0.1) is 0 Å². The van der Waals surface area contributed by atoms with Crippen molar-refractivity contribution >= 4 is 22.3 Å². The van der Waals surface area contributed by atoms with Crippen LogP contribution >= 0.6 is 0 Å². The highest BCUT2D eigenvalue weighted by Crippen LogP contribution is 2.24. The molecule has 21 heavy (non-hydrogen) atoms. The molecule has 1 saturated heterocycles. The first kappa shape index (κ1) is 13.9. The van der Waals surface area contributed by atoms with Crippen molar-refractivity contribution in [2.24, 2.45) is 5.92 Å². The number of benzene rings is 1. The molecular weight excluding hydrogens is 266 g/mol. The van der Waals surface area contributed by atoms with Gasteiger partial charge in [0.15, 0.2) is 0 Å². The van der Waals surface area contributed by atoms with Gasteiger partial charge < -0.3 is 20.9 Å². The fourth-order valence-electron chi connectivity index (χ4n) is 2.81. The summed E-state index contributed by atoms with van der Waals surface area (Å²) in [6.45, 7) is 3.21. The molecule has 0 spiro atoms. The van der Waals surface area contributed by atoms with Crippen LogP contribution < -0.4 is 16.6 Å². The largest absolute Gasteiger partial charge is 0.397 e. The molecule has 0 radical (unpaired) electrons. The predicted molar refractivity (Wildman–Crippen MR) is 85.5 cm³/mol. The van der Waals surface area contributed by atoms with E-state index in [1.54, 1.807) is 6.07 Å². The summed E-state index contributed by atoms with van der Waals surface area (Å²) in [7, 11) is 2.16. The quantitative estimate of drug-likeness (QED) is 0.740. The fraction of sp³-hybridized carbons (Fsp3) is 0.467. The lowest BCUT2D eigenvalue weighted by Gasteiger charge is -2.29. The molecule has 1 aliphatic heterocycles. The molecule has 6 nitrogen and oxygen atoms in total. The molecule has 0 atom stereocenters. The minimum atomic E-state index is -0.159. The number of aromatic amines is 1. The van der Waals surface area contributed by atoms with E-state index in [4.69, 9.17) is 5.73 Å². The molecule has 2 aromatic rings. The number of nitrogens with zero attached hydrogens (tertiary/aromatic N) is 2. The topological polar surface area (TPSA) is 87.0 Å². The Morgan fingerprint density at radius 1 is 1.43 bits per heavy atom. The smallest absolute Gasteiger partial charge is 0.258 e. The maximum absolute atomic E-state index is 11.7. The van der Waals surface area contributed by atoms with Gasteiger partial charge in [0, 0.05) is 6.54 Å². The van der Waals surface area contributed by atoms with Gasteiger partial charge in [-0.1, -0.05) is 0 Å². The summed E-state index contributed by atoms with van der Waals surface area (Å²) in [5.41, 5.74) is 8.00. The molecule has 112 valence electrons. The maximum atomic E-state index is 11.7. The highest BCUT2D eigenvalue weighted by Gasteiger charge is 2.16. The molecule has 3 rings (SSSR count). The third-order valence-electron chi connectivity index (χ3n) is 4.23. The second-order valence-corrected chi connectivity index (χ2v) is 5.82. The van der Waals surface area contributed by atoms with Crippen molar-refractivity contribution in [3.8, 4) is 0 Å². The summed E-state index contributed by atoms with van der Waals surface area (Å²) >= 11 is 0. The average molecular weight is 287 g/mol. The van der Waals surface area contributed by atoms with Crippen molar-refractivity contribution < 1.29 is 0 Å². The van der Waals surface area contributed by atoms with Crippen LogP contribution in [0.1, 0.15) is 12.8 Å². The molecule has 4 N–H and O–H groups in total. The van der Waals surface area contributed by atoms with Crippen molar-refractivity contribution in [2.45, 2.75) is 12.8 Å². The molecule has 0 amide bonds. The standard InChI is InChI=1S/C15H21N5O/c1-20-4-2-10(3-5-20)8-17-14-7-13-11(6-12(14)16)15(21)19-9-18-13/h6-7,9-10,17H,2-5,8,16H2,1H3,(H,18,19,21). The summed E-state index contributed by atoms with van der Waals surface area (Å²) in [4.78, 5) is 20.8. The van der Waals surface area contributed by atoms with Crippen molar-refractivity contribution in [1.82, 2.24) is 14.9 Å². The Morgan fingerprint density at radius 3 is 2.95 bits per heavy atom. The number of hydrogen-bond donors (Lipinski definition) is 3. The number of nitrogens with two attached hydrogens (primary N) is 1. The van der Waals surface area contributed by atoms with Crippen molar-refractivity contribution in [3.63, 3.8) is 0 Å². The van der Waals surface area contributed by atoms with Crippen LogP contribution in [-0.2, 0) is 0 Å². The van der Waals surface area contributed by atoms with E-state index in [2.05, 4.69) is 27.2 Å². The summed E-state index contributed by atoms with van der Waals surface area (Å²) in [5.74, 6) is 0.670. The van der Waals surface area contributed by atoms with E-state index in [9.17, 15) is 4.79 Å². The molecular formula is C15H21N5O. The van der Waals surface area contributed by atoms with Crippen molar-refractivity contribution in [3.05, 3.63) is 28.8 Å². The van der Waals surface area contributed by atoms with E-state index in [1.165, 1.54) is 19.2 Å². The van der Waals surface area contributed by atoms with Gasteiger partial charge in [0.1, 0.15) is 0 Å². The van der Waals surface area contributed by atoms with Crippen LogP contribution in [0, 0.1) is 5.92 Å². The first-order chi connectivity index (χ1) is 10.1. The first-order valence-electron chi connectivity index (χ1n) is 7.33. The molecule has 0 saturated carbocycles. The third-order valence-corrected chi connectivity index (χ3v) is 4.23. The van der Waals surface area contributed by atoms with Gasteiger partial charge in [0.05, 0.1) is 28.6 Å². The molecule has 1 aromatic carbocycles. The lowest BCUT2D eigenvalue weighted by Crippen LogP contribution is -2.33. The Hall–Kier alpha value is -2.08. The van der Waals surface area contributed by atoms with E-state index in [1.807, 2.05) is 6.07 Å². The molecule has 1 aliphatic rings. The molecule has 0 aliphatic carbocycles. The number of rotatable bonds is 3. The van der Waals surface area contributed by atoms with Gasteiger partial charge in [-0.05, 0) is 51.0 Å². The number of likely N-dealkylation sites (tertiary alicyclic amines) is 1. The van der Waals surface area contributed by atoms with Gasteiger partial charge in [-0.2, -0.15) is 0 Å². The molecule has 0 bridgehead atoms. The summed E-state index contributed by atoms with van der Waals surface area (Å²) in [6.07, 6.45) is 3.82. The van der Waals surface area contributed by atoms with Crippen LogP contribution in [0.25, 0.3) is 10.9 Å². The zero-order valence-corrected chi connectivity index (χ0v) is 12.2. The predicted octanol–water partition coefficient (Wildman–Crippen LogP) is 1.26. The minimum absolute atomic E-state index is 0.159. The normalized spacial score (nSPS) is 17.2. The Bertz CT molecular complexity index is 688. The highest BCUT2D eigenvalue weighted by molar-refractivity contribution is 5.88. The van der Waals surface area contributed by atoms with Crippen LogP contribution in [0.4, 0.5) is 11.4 Å². The van der Waals surface area contributed by atoms with E-state index < -0.39 is 0 Å². The maximum Gasteiger partial charge on any atom is 0.258 e. The first-order valence-corrected chi connectivity index (χ1v) is 7.33. The number of piperidine rings is 1. The number of nitrogen functional groups attached to an aromatic ring is 1. The Kier molecular flexibility index (Phi) is 3.79. The van der Waals surface area contributed by atoms with Gasteiger partial charge in [-0.25, -0.2) is 4.98 Å². The van der Waals surface area contributed by atoms with Gasteiger partial charge in [-0.3, -0.25) is 4.79 Å². The number of anilines is 2. The number of fused-ring (bicyclic) bond motifs is 1. The molecule has 1 fully saturated rings. The zero-order valence-electron chi connectivity index (χ0n) is 12.2. The van der Waals surface area contributed by atoms with E-state index in [-0.39, 0.29) is 5.56 Å². The molecule has 1 aromatic heterocycles. The monoisotopic (exact) mass is 287 g/mol. The summed E-state index contributed by atoms with van der Waals surface area (Å²) in [6, 6.07) is 3.55. The van der Waals surface area contributed by atoms with Crippen LogP contribution in [0.15, 0.2) is 23.3 Å². The number of hydrogen-bond acceptors (Lipinski definition) is 5. The minimum Gasteiger partial charge on any atom is -0.397 e. The lowest BCUT2D eigenvalue weighted by molar-refractivity contribution is 0.226. The van der Waals surface area contributed by atoms with Crippen molar-refractivity contribution in [2.75, 3.05) is 37.7 Å². The molecule has 2 heterocycles. The third kappa shape index (κ3) is 3.00. The van der Waals surface area contributed by atoms with Crippen LogP contribution in [-0.4, -0.2) is 41.5 Å². The Balaban J connectivity index is 1.75. The Morgan fingerprint density at radius 2 is 2.19 bits per heavy atom. The van der Waals surface area contributed by atoms with Gasteiger partial charge in [0.2, 0.25) is 0 Å². The van der Waals surface area contributed by atoms with Crippen LogP contribution in [0.2, 0.25) is 0 Å². The van der Waals surface area contributed by atoms with Crippen molar-refractivity contribution in [1.29, 1.82) is 0 Å². The Labute approximate surface area is 123 Å². The lowest BCUT2D eigenvalue weighted by atomic mass is 9.97. The fourth-order valence-corrected chi connectivity index (χ4v) is 2.81. The number of H-pyrrole nitrogens is 1. The SMILES string of the molecule is CN1CCC(CNc2cc3nc[nH]c(=O)c3cc2N)CC1. The number of nitrogens with one attached hydrogen (secondary N) is 2.